The number of rotatable bonds is 3. The van der Waals surface area contributed by atoms with E-state index < -0.39 is 5.91 Å². The molecule has 28 heavy (non-hydrogen) atoms. The van der Waals surface area contributed by atoms with E-state index in [1.807, 2.05) is 6.92 Å². The van der Waals surface area contributed by atoms with Crippen molar-refractivity contribution in [2.75, 3.05) is 0 Å². The summed E-state index contributed by atoms with van der Waals surface area (Å²) in [7, 11) is 1.80. The number of nitriles is 1. The van der Waals surface area contributed by atoms with Gasteiger partial charge in [-0.1, -0.05) is 0 Å². The van der Waals surface area contributed by atoms with E-state index in [9.17, 15) is 9.59 Å². The molecular formula is C20H18N6O2. The number of carbonyl (C=O) groups is 1. The van der Waals surface area contributed by atoms with Gasteiger partial charge < -0.3 is 4.57 Å². The zero-order chi connectivity index (χ0) is 19.8. The van der Waals surface area contributed by atoms with Crippen LogP contribution in [0, 0.1) is 18.3 Å². The quantitative estimate of drug-likeness (QED) is 0.555. The van der Waals surface area contributed by atoms with Crippen LogP contribution in [0.4, 0.5) is 0 Å². The van der Waals surface area contributed by atoms with E-state index in [1.165, 1.54) is 6.21 Å². The van der Waals surface area contributed by atoms with E-state index in [0.29, 0.717) is 28.7 Å². The maximum Gasteiger partial charge on any atom is 0.271 e. The van der Waals surface area contributed by atoms with Crippen molar-refractivity contribution in [3.05, 3.63) is 63.0 Å². The van der Waals surface area contributed by atoms with Crippen LogP contribution >= 0.6 is 0 Å². The van der Waals surface area contributed by atoms with E-state index in [4.69, 9.17) is 5.26 Å². The van der Waals surface area contributed by atoms with Crippen LogP contribution in [0.2, 0.25) is 0 Å². The summed E-state index contributed by atoms with van der Waals surface area (Å²) >= 11 is 0. The average molecular weight is 374 g/mol. The van der Waals surface area contributed by atoms with Crippen molar-refractivity contribution in [1.29, 1.82) is 5.26 Å². The lowest BCUT2D eigenvalue weighted by Gasteiger charge is -2.06. The van der Waals surface area contributed by atoms with Gasteiger partial charge in [0, 0.05) is 36.8 Å². The molecule has 1 aromatic carbocycles. The molecule has 0 saturated heterocycles. The molecule has 8 heteroatoms. The van der Waals surface area contributed by atoms with Crippen LogP contribution in [0.25, 0.3) is 10.9 Å². The molecule has 0 atom stereocenters. The van der Waals surface area contributed by atoms with Crippen LogP contribution in [-0.4, -0.2) is 26.2 Å². The standard InChI is InChI=1S/C20H18N6O2/c1-12-14(8-15(10-21)25(12)2)11-22-24-19(27)13-5-6-16-17(9-13)23-18-4-3-7-26(18)20(16)28/h5-6,8-9,11H,3-4,7H2,1-2H3,(H,24,27)/b22-11-. The van der Waals surface area contributed by atoms with Crippen LogP contribution in [0.3, 0.4) is 0 Å². The van der Waals surface area contributed by atoms with Gasteiger partial charge in [0.05, 0.1) is 17.1 Å². The highest BCUT2D eigenvalue weighted by atomic mass is 16.2. The van der Waals surface area contributed by atoms with Gasteiger partial charge >= 0.3 is 0 Å². The van der Waals surface area contributed by atoms with Crippen molar-refractivity contribution in [3.8, 4) is 6.07 Å². The number of fused-ring (bicyclic) bond motifs is 2. The molecule has 1 aliphatic heterocycles. The van der Waals surface area contributed by atoms with Gasteiger partial charge in [-0.05, 0) is 37.6 Å². The maximum absolute atomic E-state index is 12.5. The van der Waals surface area contributed by atoms with E-state index in [2.05, 4.69) is 21.6 Å². The van der Waals surface area contributed by atoms with Gasteiger partial charge in [0.2, 0.25) is 0 Å². The molecule has 0 saturated carbocycles. The highest BCUT2D eigenvalue weighted by Crippen LogP contribution is 2.16. The molecule has 1 amide bonds. The zero-order valence-electron chi connectivity index (χ0n) is 15.6. The number of benzene rings is 1. The van der Waals surface area contributed by atoms with Crippen molar-refractivity contribution in [2.24, 2.45) is 12.1 Å². The number of hydrogen-bond acceptors (Lipinski definition) is 5. The third-order valence-corrected chi connectivity index (χ3v) is 5.14. The Morgan fingerprint density at radius 1 is 1.39 bits per heavy atom. The van der Waals surface area contributed by atoms with Crippen LogP contribution in [-0.2, 0) is 20.0 Å². The number of nitrogens with one attached hydrogen (secondary N) is 1. The normalized spacial score (nSPS) is 13.0. The molecule has 0 bridgehead atoms. The summed E-state index contributed by atoms with van der Waals surface area (Å²) in [5, 5.41) is 13.6. The summed E-state index contributed by atoms with van der Waals surface area (Å²) < 4.78 is 3.46. The summed E-state index contributed by atoms with van der Waals surface area (Å²) in [6.07, 6.45) is 3.19. The summed E-state index contributed by atoms with van der Waals surface area (Å²) in [5.41, 5.74) is 5.46. The first-order valence-corrected chi connectivity index (χ1v) is 8.93. The first kappa shape index (κ1) is 17.7. The van der Waals surface area contributed by atoms with E-state index in [-0.39, 0.29) is 5.56 Å². The van der Waals surface area contributed by atoms with Crippen LogP contribution in [0.5, 0.6) is 0 Å². The van der Waals surface area contributed by atoms with Gasteiger partial charge in [0.15, 0.2) is 0 Å². The third kappa shape index (κ3) is 2.87. The van der Waals surface area contributed by atoms with Crippen molar-refractivity contribution < 1.29 is 4.79 Å². The number of amides is 1. The molecule has 3 aromatic rings. The van der Waals surface area contributed by atoms with Crippen molar-refractivity contribution in [2.45, 2.75) is 26.3 Å². The van der Waals surface area contributed by atoms with Gasteiger partial charge in [-0.25, -0.2) is 10.4 Å². The third-order valence-electron chi connectivity index (χ3n) is 5.14. The maximum atomic E-state index is 12.5. The Kier molecular flexibility index (Phi) is 4.28. The topological polar surface area (TPSA) is 105 Å². The average Bonchev–Trinajstić information content (AvgIpc) is 3.27. The second kappa shape index (κ2) is 6.78. The van der Waals surface area contributed by atoms with Crippen molar-refractivity contribution >= 4 is 23.0 Å². The van der Waals surface area contributed by atoms with E-state index in [0.717, 1.165) is 29.9 Å². The monoisotopic (exact) mass is 374 g/mol. The molecule has 4 rings (SSSR count). The lowest BCUT2D eigenvalue weighted by Crippen LogP contribution is -2.22. The molecule has 0 aliphatic carbocycles. The van der Waals surface area contributed by atoms with Gasteiger partial charge in [-0.15, -0.1) is 0 Å². The van der Waals surface area contributed by atoms with Gasteiger partial charge in [0.25, 0.3) is 11.5 Å². The highest BCUT2D eigenvalue weighted by Gasteiger charge is 2.17. The number of carbonyl (C=O) groups excluding carboxylic acids is 1. The number of aromatic nitrogens is 3. The number of hydrogen-bond donors (Lipinski definition) is 1. The fraction of sp³-hybridized carbons (Fsp3) is 0.250. The lowest BCUT2D eigenvalue weighted by molar-refractivity contribution is 0.0955. The minimum Gasteiger partial charge on any atom is -0.339 e. The first-order chi connectivity index (χ1) is 13.5. The Morgan fingerprint density at radius 2 is 2.21 bits per heavy atom. The second-order valence-electron chi connectivity index (χ2n) is 6.76. The van der Waals surface area contributed by atoms with Crippen LogP contribution in [0.1, 0.15) is 39.6 Å². The SMILES string of the molecule is Cc1c(/C=N\NC(=O)c2ccc3c(=O)n4c(nc3c2)CCC4)cc(C#N)n1C. The Hall–Kier alpha value is -3.73. The fourth-order valence-corrected chi connectivity index (χ4v) is 3.41. The second-order valence-corrected chi connectivity index (χ2v) is 6.76. The Bertz CT molecular complexity index is 1240. The van der Waals surface area contributed by atoms with Gasteiger partial charge in [-0.3, -0.25) is 14.2 Å². The van der Waals surface area contributed by atoms with Gasteiger partial charge in [0.1, 0.15) is 17.6 Å². The summed E-state index contributed by atoms with van der Waals surface area (Å²) in [5.74, 6) is 0.371. The van der Waals surface area contributed by atoms with Gasteiger partial charge in [-0.2, -0.15) is 10.4 Å². The van der Waals surface area contributed by atoms with E-state index >= 15 is 0 Å². The molecule has 8 nitrogen and oxygen atoms in total. The number of nitrogens with zero attached hydrogens (tertiary/aromatic N) is 5. The van der Waals surface area contributed by atoms with Crippen molar-refractivity contribution in [3.63, 3.8) is 0 Å². The summed E-state index contributed by atoms with van der Waals surface area (Å²) in [6, 6.07) is 8.65. The predicted octanol–water partition coefficient (Wildman–Crippen LogP) is 1.63. The lowest BCUT2D eigenvalue weighted by atomic mass is 10.1. The molecule has 0 radical (unpaired) electrons. The first-order valence-electron chi connectivity index (χ1n) is 8.93. The van der Waals surface area contributed by atoms with Crippen molar-refractivity contribution in [1.82, 2.24) is 19.5 Å². The Labute approximate surface area is 160 Å². The number of aryl methyl sites for hydroxylation is 1. The minimum absolute atomic E-state index is 0.0599. The Morgan fingerprint density at radius 3 is 2.96 bits per heavy atom. The molecule has 1 aliphatic rings. The molecule has 0 fully saturated rings. The molecule has 0 unspecified atom stereocenters. The molecule has 1 N–H and O–H groups in total. The van der Waals surface area contributed by atoms with Crippen LogP contribution in [0.15, 0.2) is 34.2 Å². The molecule has 140 valence electrons. The molecular weight excluding hydrogens is 356 g/mol. The molecule has 2 aromatic heterocycles. The number of hydrazone groups is 1. The summed E-state index contributed by atoms with van der Waals surface area (Å²) in [4.78, 5) is 29.4. The summed E-state index contributed by atoms with van der Waals surface area (Å²) in [6.45, 7) is 2.57. The molecule has 3 heterocycles. The minimum atomic E-state index is -0.394. The molecule has 0 spiro atoms. The highest BCUT2D eigenvalue weighted by molar-refractivity contribution is 5.98. The van der Waals surface area contributed by atoms with E-state index in [1.54, 1.807) is 40.4 Å². The largest absolute Gasteiger partial charge is 0.339 e. The smallest absolute Gasteiger partial charge is 0.271 e. The fourth-order valence-electron chi connectivity index (χ4n) is 3.41. The zero-order valence-corrected chi connectivity index (χ0v) is 15.6. The Balaban J connectivity index is 1.57. The van der Waals surface area contributed by atoms with Crippen LogP contribution < -0.4 is 11.0 Å². The predicted molar refractivity (Wildman–Crippen MR) is 104 cm³/mol.